The van der Waals surface area contributed by atoms with Crippen LogP contribution in [-0.2, 0) is 5.41 Å². The highest BCUT2D eigenvalue weighted by Crippen LogP contribution is 2.56. The molecule has 0 amide bonds. The molecule has 0 aliphatic heterocycles. The number of rotatable bonds is 5. The van der Waals surface area contributed by atoms with Crippen molar-refractivity contribution in [3.05, 3.63) is 139 Å². The lowest BCUT2D eigenvalue weighted by atomic mass is 9.67. The summed E-state index contributed by atoms with van der Waals surface area (Å²) in [6.07, 6.45) is 5.79. The predicted molar refractivity (Wildman–Crippen MR) is 120 cm³/mol. The van der Waals surface area contributed by atoms with E-state index in [9.17, 15) is 0 Å². The third-order valence-electron chi connectivity index (χ3n) is 5.56. The lowest BCUT2D eigenvalue weighted by Crippen LogP contribution is -2.28. The van der Waals surface area contributed by atoms with Gasteiger partial charge in [0.25, 0.3) is 0 Å². The summed E-state index contributed by atoms with van der Waals surface area (Å²) < 4.78 is 0. The minimum absolute atomic E-state index is 0.457. The Morgan fingerprint density at radius 3 is 1.82 bits per heavy atom. The minimum Gasteiger partial charge on any atom is -0.399 e. The zero-order valence-electron chi connectivity index (χ0n) is 15.9. The van der Waals surface area contributed by atoms with Gasteiger partial charge in [0.1, 0.15) is 0 Å². The van der Waals surface area contributed by atoms with Crippen molar-refractivity contribution in [3.8, 4) is 11.1 Å². The molecule has 1 aliphatic carbocycles. The third-order valence-corrected chi connectivity index (χ3v) is 5.56. The Balaban J connectivity index is 2.07. The molecule has 0 heterocycles. The second-order valence-corrected chi connectivity index (χ2v) is 7.06. The predicted octanol–water partition coefficient (Wildman–Crippen LogP) is 6.23. The van der Waals surface area contributed by atoms with E-state index in [1.165, 1.54) is 22.3 Å². The molecule has 0 fully saturated rings. The lowest BCUT2D eigenvalue weighted by Gasteiger charge is -2.34. The van der Waals surface area contributed by atoms with Gasteiger partial charge in [0, 0.05) is 5.70 Å². The van der Waals surface area contributed by atoms with Crippen LogP contribution in [0.2, 0.25) is 0 Å². The third kappa shape index (κ3) is 2.48. The summed E-state index contributed by atoms with van der Waals surface area (Å²) in [5.74, 6) is 0. The molecule has 0 spiro atoms. The molecule has 136 valence electrons. The Morgan fingerprint density at radius 2 is 1.32 bits per heavy atom. The molecule has 0 saturated carbocycles. The molecule has 0 radical (unpaired) electrons. The van der Waals surface area contributed by atoms with Crippen molar-refractivity contribution in [2.45, 2.75) is 5.41 Å². The van der Waals surface area contributed by atoms with Crippen LogP contribution >= 0.6 is 0 Å². The first-order valence-electron chi connectivity index (χ1n) is 9.34. The van der Waals surface area contributed by atoms with Gasteiger partial charge in [-0.3, -0.25) is 0 Å². The highest BCUT2D eigenvalue weighted by Gasteiger charge is 2.45. The summed E-state index contributed by atoms with van der Waals surface area (Å²) in [5, 5.41) is 0. The van der Waals surface area contributed by atoms with Gasteiger partial charge in [-0.2, -0.15) is 0 Å². The maximum atomic E-state index is 5.89. The number of hydrogen-bond acceptors (Lipinski definition) is 1. The molecule has 4 rings (SSSR count). The molecule has 0 bridgehead atoms. The molecule has 0 atom stereocenters. The van der Waals surface area contributed by atoms with Gasteiger partial charge in [-0.1, -0.05) is 111 Å². The summed E-state index contributed by atoms with van der Waals surface area (Å²) in [6, 6.07) is 25.5. The van der Waals surface area contributed by atoms with Crippen molar-refractivity contribution in [2.24, 2.45) is 5.73 Å². The number of hydrogen-bond donors (Lipinski definition) is 1. The molecule has 1 nitrogen and oxygen atoms in total. The van der Waals surface area contributed by atoms with Gasteiger partial charge in [0.15, 0.2) is 0 Å². The quantitative estimate of drug-likeness (QED) is 0.536. The van der Waals surface area contributed by atoms with Crippen LogP contribution in [0.15, 0.2) is 116 Å². The smallest absolute Gasteiger partial charge is 0.0707 e. The van der Waals surface area contributed by atoms with Crippen LogP contribution in [-0.4, -0.2) is 0 Å². The second kappa shape index (κ2) is 6.86. The highest BCUT2D eigenvalue weighted by molar-refractivity contribution is 5.86. The van der Waals surface area contributed by atoms with Crippen LogP contribution in [0.3, 0.4) is 0 Å². The van der Waals surface area contributed by atoms with Crippen LogP contribution in [0.4, 0.5) is 0 Å². The SMILES string of the molecule is C=C/C=C\C(=C)C1(c2ccc(C(=C)N)cc2)c2ccccc2-c2ccccc21. The first-order chi connectivity index (χ1) is 13.6. The molecule has 2 N–H and O–H groups in total. The maximum absolute atomic E-state index is 5.89. The summed E-state index contributed by atoms with van der Waals surface area (Å²) in [5.41, 5.74) is 14.1. The summed E-state index contributed by atoms with van der Waals surface area (Å²) in [7, 11) is 0. The van der Waals surface area contributed by atoms with Gasteiger partial charge in [0.2, 0.25) is 0 Å². The molecule has 28 heavy (non-hydrogen) atoms. The zero-order chi connectivity index (χ0) is 19.7. The van der Waals surface area contributed by atoms with Gasteiger partial charge in [-0.05, 0) is 39.0 Å². The molecule has 0 saturated heterocycles. The van der Waals surface area contributed by atoms with Crippen molar-refractivity contribution >= 4 is 5.70 Å². The maximum Gasteiger partial charge on any atom is 0.0707 e. The van der Waals surface area contributed by atoms with Crippen molar-refractivity contribution in [3.63, 3.8) is 0 Å². The van der Waals surface area contributed by atoms with Gasteiger partial charge in [-0.25, -0.2) is 0 Å². The highest BCUT2D eigenvalue weighted by atomic mass is 14.6. The van der Waals surface area contributed by atoms with Crippen LogP contribution in [0.5, 0.6) is 0 Å². The molecule has 3 aromatic carbocycles. The van der Waals surface area contributed by atoms with Gasteiger partial charge in [0.05, 0.1) is 5.41 Å². The molecule has 1 aliphatic rings. The Morgan fingerprint density at radius 1 is 0.786 bits per heavy atom. The van der Waals surface area contributed by atoms with E-state index in [1.807, 2.05) is 18.2 Å². The van der Waals surface area contributed by atoms with Gasteiger partial charge < -0.3 is 5.73 Å². The van der Waals surface area contributed by atoms with E-state index in [1.54, 1.807) is 6.08 Å². The first kappa shape index (κ1) is 17.8. The molecular weight excluding hydrogens is 338 g/mol. The van der Waals surface area contributed by atoms with Crippen molar-refractivity contribution in [2.75, 3.05) is 0 Å². The summed E-state index contributed by atoms with van der Waals surface area (Å²) in [6.45, 7) is 12.2. The Hall–Kier alpha value is -3.58. The molecule has 0 unspecified atom stereocenters. The summed E-state index contributed by atoms with van der Waals surface area (Å²) >= 11 is 0. The topological polar surface area (TPSA) is 26.0 Å². The van der Waals surface area contributed by atoms with Crippen LogP contribution < -0.4 is 5.73 Å². The standard InChI is InChI=1S/C27H23N/c1-4-5-10-19(2)27(22-17-15-21(16-18-22)20(3)28)25-13-8-6-11-23(25)24-12-7-9-14-26(24)27/h4-18H,1-3,28H2/b10-5-. The van der Waals surface area contributed by atoms with Crippen molar-refractivity contribution < 1.29 is 0 Å². The molecular formula is C27H23N. The number of benzene rings is 3. The summed E-state index contributed by atoms with van der Waals surface area (Å²) in [4.78, 5) is 0. The van der Waals surface area contributed by atoms with Crippen LogP contribution in [0.1, 0.15) is 22.3 Å². The Kier molecular flexibility index (Phi) is 4.37. The Labute approximate surface area is 166 Å². The van der Waals surface area contributed by atoms with Gasteiger partial charge in [-0.15, -0.1) is 0 Å². The monoisotopic (exact) mass is 361 g/mol. The first-order valence-corrected chi connectivity index (χ1v) is 9.34. The number of fused-ring (bicyclic) bond motifs is 3. The molecule has 3 aromatic rings. The average molecular weight is 361 g/mol. The van der Waals surface area contributed by atoms with E-state index in [-0.39, 0.29) is 0 Å². The van der Waals surface area contributed by atoms with Crippen LogP contribution in [0, 0.1) is 0 Å². The van der Waals surface area contributed by atoms with E-state index >= 15 is 0 Å². The van der Waals surface area contributed by atoms with E-state index in [2.05, 4.69) is 86.5 Å². The minimum atomic E-state index is -0.457. The van der Waals surface area contributed by atoms with Crippen molar-refractivity contribution in [1.82, 2.24) is 0 Å². The fraction of sp³-hybridized carbons (Fsp3) is 0.0370. The molecule has 0 aromatic heterocycles. The largest absolute Gasteiger partial charge is 0.399 e. The van der Waals surface area contributed by atoms with Crippen molar-refractivity contribution in [1.29, 1.82) is 0 Å². The van der Waals surface area contributed by atoms with E-state index in [0.29, 0.717) is 5.70 Å². The van der Waals surface area contributed by atoms with Gasteiger partial charge >= 0.3 is 0 Å². The fourth-order valence-electron chi connectivity index (χ4n) is 4.32. The van der Waals surface area contributed by atoms with E-state index < -0.39 is 5.41 Å². The zero-order valence-corrected chi connectivity index (χ0v) is 15.9. The fourth-order valence-corrected chi connectivity index (χ4v) is 4.32. The number of nitrogens with two attached hydrogens (primary N) is 1. The Bertz CT molecular complexity index is 1070. The molecule has 1 heteroatoms. The number of allylic oxidation sites excluding steroid dienone is 4. The lowest BCUT2D eigenvalue weighted by molar-refractivity contribution is 0.770. The normalized spacial score (nSPS) is 13.7. The second-order valence-electron chi connectivity index (χ2n) is 7.06. The average Bonchev–Trinajstić information content (AvgIpc) is 3.03. The van der Waals surface area contributed by atoms with E-state index in [4.69, 9.17) is 5.73 Å². The van der Waals surface area contributed by atoms with E-state index in [0.717, 1.165) is 16.7 Å². The van der Waals surface area contributed by atoms with Crippen LogP contribution in [0.25, 0.3) is 16.8 Å².